The van der Waals surface area contributed by atoms with Gasteiger partial charge in [0.15, 0.2) is 34.5 Å². The summed E-state index contributed by atoms with van der Waals surface area (Å²) in [7, 11) is 6.35. The third-order valence-corrected chi connectivity index (χ3v) is 10.7. The summed E-state index contributed by atoms with van der Waals surface area (Å²) in [6.45, 7) is 2.06. The Hall–Kier alpha value is -5.39. The molecule has 1 spiro atoms. The average molecular weight is 695 g/mol. The highest BCUT2D eigenvalue weighted by molar-refractivity contribution is 6.04. The third kappa shape index (κ3) is 5.96. The number of anilines is 1. The van der Waals surface area contributed by atoms with Crippen molar-refractivity contribution >= 4 is 35.0 Å². The van der Waals surface area contributed by atoms with Gasteiger partial charge < -0.3 is 43.5 Å². The molecule has 1 saturated heterocycles. The van der Waals surface area contributed by atoms with E-state index in [0.717, 1.165) is 24.1 Å². The van der Waals surface area contributed by atoms with Crippen LogP contribution in [0.15, 0.2) is 53.7 Å². The molecule has 4 aliphatic heterocycles. The molecule has 0 aromatic heterocycles. The van der Waals surface area contributed by atoms with E-state index in [2.05, 4.69) is 5.32 Å². The minimum atomic E-state index is -0.110. The summed E-state index contributed by atoms with van der Waals surface area (Å²) in [6.07, 6.45) is 8.45. The lowest BCUT2D eigenvalue weighted by atomic mass is 10.0. The quantitative estimate of drug-likeness (QED) is 0.243. The van der Waals surface area contributed by atoms with Crippen LogP contribution >= 0.6 is 0 Å². The molecule has 8 rings (SSSR count). The molecule has 2 atom stereocenters. The number of fused-ring (bicyclic) bond motifs is 4. The van der Waals surface area contributed by atoms with Crippen LogP contribution in [0.1, 0.15) is 58.4 Å². The molecule has 3 aromatic carbocycles. The van der Waals surface area contributed by atoms with Crippen molar-refractivity contribution in [3.05, 3.63) is 65.4 Å². The fraction of sp³-hybridized carbons (Fsp3) is 0.410. The third-order valence-electron chi connectivity index (χ3n) is 10.7. The van der Waals surface area contributed by atoms with E-state index in [4.69, 9.17) is 33.4 Å². The van der Waals surface area contributed by atoms with Gasteiger partial charge in [0.25, 0.3) is 11.8 Å². The molecular formula is C39H42N4O8. The zero-order valence-electron chi connectivity index (χ0n) is 29.3. The van der Waals surface area contributed by atoms with E-state index in [1.54, 1.807) is 51.5 Å². The first-order chi connectivity index (χ1) is 24.8. The normalized spacial score (nSPS) is 20.7. The highest BCUT2D eigenvalue weighted by Gasteiger charge is 2.53. The summed E-state index contributed by atoms with van der Waals surface area (Å²) in [5.41, 5.74) is 4.66. The molecule has 1 saturated carbocycles. The summed E-state index contributed by atoms with van der Waals surface area (Å²) in [5.74, 6) is 3.20. The van der Waals surface area contributed by atoms with E-state index in [-0.39, 0.29) is 23.9 Å². The molecule has 0 bridgehead atoms. The van der Waals surface area contributed by atoms with Gasteiger partial charge in [-0.1, -0.05) is 6.07 Å². The Kier molecular flexibility index (Phi) is 8.40. The van der Waals surface area contributed by atoms with Crippen molar-refractivity contribution in [3.63, 3.8) is 0 Å². The first kappa shape index (κ1) is 32.8. The molecule has 51 heavy (non-hydrogen) atoms. The van der Waals surface area contributed by atoms with Crippen LogP contribution in [-0.4, -0.2) is 94.7 Å². The average Bonchev–Trinajstić information content (AvgIpc) is 3.68. The Morgan fingerprint density at radius 3 is 2.20 bits per heavy atom. The number of amides is 2. The number of hydrogen-bond acceptors (Lipinski definition) is 10. The molecule has 1 N–H and O–H groups in total. The number of benzene rings is 3. The topological polar surface area (TPSA) is 120 Å². The number of methoxy groups -OCH3 is 4. The minimum Gasteiger partial charge on any atom is -0.493 e. The van der Waals surface area contributed by atoms with Gasteiger partial charge in [-0.05, 0) is 66.5 Å². The van der Waals surface area contributed by atoms with Crippen LogP contribution in [0.4, 0.5) is 11.4 Å². The molecule has 2 fully saturated rings. The summed E-state index contributed by atoms with van der Waals surface area (Å²) >= 11 is 0. The minimum absolute atomic E-state index is 0.00312. The molecule has 12 nitrogen and oxygen atoms in total. The second-order valence-corrected chi connectivity index (χ2v) is 13.8. The molecule has 266 valence electrons. The highest BCUT2D eigenvalue weighted by atomic mass is 16.5. The lowest BCUT2D eigenvalue weighted by Gasteiger charge is -2.21. The highest BCUT2D eigenvalue weighted by Crippen LogP contribution is 2.55. The van der Waals surface area contributed by atoms with Crippen molar-refractivity contribution in [2.45, 2.75) is 44.2 Å². The van der Waals surface area contributed by atoms with Crippen molar-refractivity contribution in [3.8, 4) is 34.5 Å². The maximum atomic E-state index is 13.8. The maximum Gasteiger partial charge on any atom is 0.260 e. The van der Waals surface area contributed by atoms with Crippen LogP contribution in [0.25, 0.3) is 5.57 Å². The zero-order valence-corrected chi connectivity index (χ0v) is 29.3. The number of aliphatic imine (C=N–C) groups is 1. The Bertz CT molecular complexity index is 1950. The molecule has 0 unspecified atom stereocenters. The molecule has 5 aliphatic rings. The molecule has 0 radical (unpaired) electrons. The van der Waals surface area contributed by atoms with Crippen molar-refractivity contribution in [1.29, 1.82) is 0 Å². The molecule has 2 amide bonds. The fourth-order valence-electron chi connectivity index (χ4n) is 7.66. The van der Waals surface area contributed by atoms with Gasteiger partial charge in [-0.2, -0.15) is 0 Å². The summed E-state index contributed by atoms with van der Waals surface area (Å²) in [5, 5.41) is 3.47. The number of nitrogens with one attached hydrogen (secondary N) is 1. The van der Waals surface area contributed by atoms with Gasteiger partial charge in [0.1, 0.15) is 0 Å². The first-order valence-corrected chi connectivity index (χ1v) is 17.4. The Labute approximate surface area is 296 Å². The molecule has 12 heteroatoms. The predicted octanol–water partition coefficient (Wildman–Crippen LogP) is 5.96. The number of hydrogen-bond donors (Lipinski definition) is 1. The lowest BCUT2D eigenvalue weighted by Crippen LogP contribution is -2.35. The Balaban J connectivity index is 0.914. The fourth-order valence-corrected chi connectivity index (χ4v) is 7.66. The van der Waals surface area contributed by atoms with Gasteiger partial charge in [0, 0.05) is 44.1 Å². The number of carbonyl (C=O) groups is 2. The largest absolute Gasteiger partial charge is 0.493 e. The van der Waals surface area contributed by atoms with Gasteiger partial charge in [0.05, 0.1) is 76.2 Å². The van der Waals surface area contributed by atoms with Gasteiger partial charge >= 0.3 is 0 Å². The number of ether oxygens (including phenoxy) is 6. The summed E-state index contributed by atoms with van der Waals surface area (Å²) in [6, 6.07) is 12.9. The number of nitrogens with zero attached hydrogens (tertiary/aromatic N) is 3. The molecule has 1 aliphatic carbocycles. The number of rotatable bonds is 11. The van der Waals surface area contributed by atoms with E-state index in [1.165, 1.54) is 12.8 Å². The van der Waals surface area contributed by atoms with Crippen LogP contribution in [-0.2, 0) is 0 Å². The van der Waals surface area contributed by atoms with Crippen molar-refractivity contribution in [2.75, 3.05) is 60.1 Å². The zero-order chi connectivity index (χ0) is 35.3. The summed E-state index contributed by atoms with van der Waals surface area (Å²) < 4.78 is 34.4. The molecule has 4 heterocycles. The predicted molar refractivity (Wildman–Crippen MR) is 191 cm³/mol. The van der Waals surface area contributed by atoms with Gasteiger partial charge in [-0.25, -0.2) is 0 Å². The monoisotopic (exact) mass is 694 g/mol. The molecular weight excluding hydrogens is 652 g/mol. The van der Waals surface area contributed by atoms with Gasteiger partial charge in [-0.3, -0.25) is 14.6 Å². The first-order valence-electron chi connectivity index (χ1n) is 17.4. The Morgan fingerprint density at radius 1 is 0.804 bits per heavy atom. The van der Waals surface area contributed by atoms with Crippen LogP contribution in [0.2, 0.25) is 0 Å². The van der Waals surface area contributed by atoms with E-state index >= 15 is 0 Å². The summed E-state index contributed by atoms with van der Waals surface area (Å²) in [4.78, 5) is 35.8. The molecule has 3 aromatic rings. The SMILES string of the molecule is COc1ccc(C2=CN3C(=O)c4cc(OC)c(OCCCOc5cc6c(cc5OC)C(=O)N5CC7(CC7)C[C@H]5C=N6)cc4NC[C@@H]3C2)cc1OC. The second-order valence-electron chi connectivity index (χ2n) is 13.8. The smallest absolute Gasteiger partial charge is 0.260 e. The van der Waals surface area contributed by atoms with E-state index in [0.29, 0.717) is 95.0 Å². The Morgan fingerprint density at radius 2 is 1.49 bits per heavy atom. The van der Waals surface area contributed by atoms with Gasteiger partial charge in [-0.15, -0.1) is 0 Å². The van der Waals surface area contributed by atoms with Crippen molar-refractivity contribution < 1.29 is 38.0 Å². The van der Waals surface area contributed by atoms with Crippen molar-refractivity contribution in [1.82, 2.24) is 9.80 Å². The van der Waals surface area contributed by atoms with Crippen molar-refractivity contribution in [2.24, 2.45) is 10.4 Å². The van der Waals surface area contributed by atoms with Crippen LogP contribution in [0.3, 0.4) is 0 Å². The van der Waals surface area contributed by atoms with Crippen LogP contribution in [0.5, 0.6) is 34.5 Å². The maximum absolute atomic E-state index is 13.8. The standard InChI is InChI=1S/C39H42N4O8/c1-46-31-7-6-23(13-32(31)47-2)24-12-25-19-40-29-16-35(33(48-3)14-27(29)37(44)42(25)21-24)50-10-5-11-51-36-17-30-28(15-34(36)49-4)38(45)43-22-39(8-9-39)18-26(43)20-41-30/h6-7,13-17,20-21,25-26,40H,5,8-12,18-19,22H2,1-4H3/t25-,26-/m0/s1. The number of carbonyl (C=O) groups excluding carboxylic acids is 2. The second kappa shape index (κ2) is 13.1. The van der Waals surface area contributed by atoms with E-state index in [9.17, 15) is 9.59 Å². The van der Waals surface area contributed by atoms with Crippen LogP contribution < -0.4 is 33.7 Å². The van der Waals surface area contributed by atoms with Crippen LogP contribution in [0, 0.1) is 5.41 Å². The van der Waals surface area contributed by atoms with E-state index in [1.807, 2.05) is 41.6 Å². The van der Waals surface area contributed by atoms with E-state index < -0.39 is 0 Å². The lowest BCUT2D eigenvalue weighted by molar-refractivity contribution is 0.0765. The van der Waals surface area contributed by atoms with Gasteiger partial charge in [0.2, 0.25) is 0 Å².